The molecule has 0 saturated carbocycles. The molecule has 0 aliphatic rings. The second-order valence-corrected chi connectivity index (χ2v) is 6.11. The normalized spacial score (nSPS) is 12.2. The number of hydrogen-bond donors (Lipinski definition) is 1. The Morgan fingerprint density at radius 1 is 1.19 bits per heavy atom. The van der Waals surface area contributed by atoms with Crippen molar-refractivity contribution in [1.29, 1.82) is 0 Å². The quantitative estimate of drug-likeness (QED) is 0.820. The molecule has 0 spiro atoms. The second kappa shape index (κ2) is 7.62. The van der Waals surface area contributed by atoms with Gasteiger partial charge in [-0.1, -0.05) is 52.7 Å². The topological polar surface area (TPSA) is 21.3 Å². The highest BCUT2D eigenvalue weighted by atomic mass is 79.9. The van der Waals surface area contributed by atoms with Crippen LogP contribution in [0.25, 0.3) is 0 Å². The predicted octanol–water partition coefficient (Wildman–Crippen LogP) is 4.66. The van der Waals surface area contributed by atoms with Crippen molar-refractivity contribution in [2.75, 3.05) is 13.7 Å². The molecule has 0 heterocycles. The number of aryl methyl sites for hydroxylation is 1. The number of benzene rings is 2. The first-order valence-corrected chi connectivity index (χ1v) is 8.05. The van der Waals surface area contributed by atoms with Crippen LogP contribution in [0.5, 0.6) is 5.75 Å². The highest BCUT2D eigenvalue weighted by Crippen LogP contribution is 2.29. The van der Waals surface area contributed by atoms with Crippen molar-refractivity contribution >= 4 is 15.9 Å². The fraction of sp³-hybridized carbons (Fsp3) is 0.333. The first-order valence-electron chi connectivity index (χ1n) is 7.26. The van der Waals surface area contributed by atoms with Gasteiger partial charge >= 0.3 is 0 Å². The lowest BCUT2D eigenvalue weighted by molar-refractivity contribution is 0.399. The molecule has 1 N–H and O–H groups in total. The van der Waals surface area contributed by atoms with Gasteiger partial charge in [0.2, 0.25) is 0 Å². The molecule has 2 nitrogen and oxygen atoms in total. The van der Waals surface area contributed by atoms with E-state index >= 15 is 0 Å². The summed E-state index contributed by atoms with van der Waals surface area (Å²) in [5, 5.41) is 3.57. The largest absolute Gasteiger partial charge is 0.496 e. The number of likely N-dealkylation sites (N-methyl/N-ethyl adjacent to an activating group) is 1. The van der Waals surface area contributed by atoms with Gasteiger partial charge in [0, 0.05) is 16.1 Å². The molecule has 0 fully saturated rings. The summed E-state index contributed by atoms with van der Waals surface area (Å²) < 4.78 is 6.66. The summed E-state index contributed by atoms with van der Waals surface area (Å²) in [7, 11) is 1.73. The van der Waals surface area contributed by atoms with Gasteiger partial charge in [-0.2, -0.15) is 0 Å². The molecule has 1 atom stereocenters. The fourth-order valence-corrected chi connectivity index (χ4v) is 3.01. The summed E-state index contributed by atoms with van der Waals surface area (Å²) in [6.07, 6.45) is 0.938. The number of hydrogen-bond acceptors (Lipinski definition) is 2. The molecular weight excluding hydrogens is 326 g/mol. The van der Waals surface area contributed by atoms with Crippen LogP contribution in [0.4, 0.5) is 0 Å². The third-order valence-electron chi connectivity index (χ3n) is 3.54. The molecular formula is C18H22BrNO. The van der Waals surface area contributed by atoms with Crippen LogP contribution in [0.3, 0.4) is 0 Å². The molecule has 0 saturated heterocycles. The third-order valence-corrected chi connectivity index (χ3v) is 4.03. The maximum Gasteiger partial charge on any atom is 0.123 e. The SMILES string of the molecule is CCNC(Cc1cccc(Br)c1)c1cc(C)ccc1OC. The molecule has 0 amide bonds. The van der Waals surface area contributed by atoms with Crippen LogP contribution in [0.2, 0.25) is 0 Å². The van der Waals surface area contributed by atoms with Gasteiger partial charge in [0.25, 0.3) is 0 Å². The smallest absolute Gasteiger partial charge is 0.123 e. The van der Waals surface area contributed by atoms with Gasteiger partial charge in [-0.3, -0.25) is 0 Å². The van der Waals surface area contributed by atoms with Gasteiger partial charge in [-0.15, -0.1) is 0 Å². The Morgan fingerprint density at radius 2 is 2.00 bits per heavy atom. The van der Waals surface area contributed by atoms with E-state index in [0.717, 1.165) is 23.2 Å². The van der Waals surface area contributed by atoms with Crippen LogP contribution in [-0.4, -0.2) is 13.7 Å². The fourth-order valence-electron chi connectivity index (χ4n) is 2.56. The summed E-state index contributed by atoms with van der Waals surface area (Å²) in [5.41, 5.74) is 3.78. The highest BCUT2D eigenvalue weighted by Gasteiger charge is 2.16. The number of nitrogens with one attached hydrogen (secondary N) is 1. The molecule has 2 rings (SSSR count). The Kier molecular flexibility index (Phi) is 5.83. The average Bonchev–Trinajstić information content (AvgIpc) is 2.47. The van der Waals surface area contributed by atoms with Crippen molar-refractivity contribution in [1.82, 2.24) is 5.32 Å². The predicted molar refractivity (Wildman–Crippen MR) is 92.0 cm³/mol. The van der Waals surface area contributed by atoms with Crippen LogP contribution in [0, 0.1) is 6.92 Å². The van der Waals surface area contributed by atoms with E-state index in [1.54, 1.807) is 7.11 Å². The zero-order valence-corrected chi connectivity index (χ0v) is 14.4. The van der Waals surface area contributed by atoms with E-state index in [1.165, 1.54) is 16.7 Å². The first-order chi connectivity index (χ1) is 10.1. The van der Waals surface area contributed by atoms with E-state index in [4.69, 9.17) is 4.74 Å². The summed E-state index contributed by atoms with van der Waals surface area (Å²) in [6, 6.07) is 15.1. The molecule has 0 bridgehead atoms. The van der Waals surface area contributed by atoms with Gasteiger partial charge in [0.05, 0.1) is 7.11 Å². The van der Waals surface area contributed by atoms with E-state index in [1.807, 2.05) is 0 Å². The maximum atomic E-state index is 5.54. The zero-order chi connectivity index (χ0) is 15.2. The zero-order valence-electron chi connectivity index (χ0n) is 12.8. The van der Waals surface area contributed by atoms with Gasteiger partial charge in [-0.05, 0) is 43.7 Å². The molecule has 0 aromatic heterocycles. The molecule has 2 aromatic rings. The van der Waals surface area contributed by atoms with Crippen LogP contribution in [0.1, 0.15) is 29.7 Å². The monoisotopic (exact) mass is 347 g/mol. The van der Waals surface area contributed by atoms with Crippen molar-refractivity contribution in [3.05, 3.63) is 63.6 Å². The molecule has 2 aromatic carbocycles. The van der Waals surface area contributed by atoms with E-state index in [9.17, 15) is 0 Å². The minimum absolute atomic E-state index is 0.249. The van der Waals surface area contributed by atoms with Crippen LogP contribution < -0.4 is 10.1 Å². The highest BCUT2D eigenvalue weighted by molar-refractivity contribution is 9.10. The lowest BCUT2D eigenvalue weighted by Gasteiger charge is -2.21. The Hall–Kier alpha value is -1.32. The summed E-state index contributed by atoms with van der Waals surface area (Å²) in [6.45, 7) is 5.18. The van der Waals surface area contributed by atoms with E-state index in [-0.39, 0.29) is 6.04 Å². The van der Waals surface area contributed by atoms with Crippen molar-refractivity contribution in [2.45, 2.75) is 26.3 Å². The van der Waals surface area contributed by atoms with Gasteiger partial charge in [0.1, 0.15) is 5.75 Å². The van der Waals surface area contributed by atoms with Gasteiger partial charge < -0.3 is 10.1 Å². The summed E-state index contributed by atoms with van der Waals surface area (Å²) >= 11 is 3.54. The molecule has 0 aliphatic carbocycles. The minimum atomic E-state index is 0.249. The molecule has 3 heteroatoms. The Bertz CT molecular complexity index is 598. The second-order valence-electron chi connectivity index (χ2n) is 5.19. The molecule has 1 unspecified atom stereocenters. The Balaban J connectivity index is 2.32. The van der Waals surface area contributed by atoms with Gasteiger partial charge in [-0.25, -0.2) is 0 Å². The number of halogens is 1. The standard InChI is InChI=1S/C18H22BrNO/c1-4-20-17(12-14-6-5-7-15(19)11-14)16-10-13(2)8-9-18(16)21-3/h5-11,17,20H,4,12H2,1-3H3. The summed E-state index contributed by atoms with van der Waals surface area (Å²) in [4.78, 5) is 0. The lowest BCUT2D eigenvalue weighted by atomic mass is 9.96. The minimum Gasteiger partial charge on any atom is -0.496 e. The van der Waals surface area contributed by atoms with Crippen LogP contribution in [0.15, 0.2) is 46.9 Å². The van der Waals surface area contributed by atoms with Gasteiger partial charge in [0.15, 0.2) is 0 Å². The van der Waals surface area contributed by atoms with Crippen LogP contribution >= 0.6 is 15.9 Å². The van der Waals surface area contributed by atoms with Crippen molar-refractivity contribution in [3.8, 4) is 5.75 Å². The Labute approximate surface area is 135 Å². The summed E-state index contributed by atoms with van der Waals surface area (Å²) in [5.74, 6) is 0.946. The molecule has 112 valence electrons. The number of methoxy groups -OCH3 is 1. The number of ether oxygens (including phenoxy) is 1. The Morgan fingerprint density at radius 3 is 2.67 bits per heavy atom. The first kappa shape index (κ1) is 16.1. The lowest BCUT2D eigenvalue weighted by Crippen LogP contribution is -2.23. The van der Waals surface area contributed by atoms with Crippen molar-refractivity contribution in [3.63, 3.8) is 0 Å². The molecule has 0 aliphatic heterocycles. The molecule has 0 radical (unpaired) electrons. The van der Waals surface area contributed by atoms with Crippen molar-refractivity contribution in [2.24, 2.45) is 0 Å². The number of rotatable bonds is 6. The molecule has 21 heavy (non-hydrogen) atoms. The van der Waals surface area contributed by atoms with E-state index < -0.39 is 0 Å². The third kappa shape index (κ3) is 4.32. The van der Waals surface area contributed by atoms with E-state index in [2.05, 4.69) is 77.6 Å². The average molecular weight is 348 g/mol. The van der Waals surface area contributed by atoms with Crippen LogP contribution in [-0.2, 0) is 6.42 Å². The van der Waals surface area contributed by atoms with E-state index in [0.29, 0.717) is 0 Å². The maximum absolute atomic E-state index is 5.54. The van der Waals surface area contributed by atoms with Crippen molar-refractivity contribution < 1.29 is 4.74 Å².